The predicted molar refractivity (Wildman–Crippen MR) is 54.5 cm³/mol. The number of halogens is 1. The second kappa shape index (κ2) is 4.28. The molecule has 0 aromatic heterocycles. The van der Waals surface area contributed by atoms with Gasteiger partial charge in [-0.3, -0.25) is 0 Å². The summed E-state index contributed by atoms with van der Waals surface area (Å²) < 4.78 is 5.43. The highest BCUT2D eigenvalue weighted by Gasteiger charge is 2.11. The standard InChI is InChI=1S/C9H10BrNO2/c1-2-13-9(12)6-4-3-5-7(11)8(6)10/h3-5H,2,11H2,1H3. The van der Waals surface area contributed by atoms with E-state index in [1.165, 1.54) is 0 Å². The van der Waals surface area contributed by atoms with Crippen molar-refractivity contribution in [3.05, 3.63) is 28.2 Å². The van der Waals surface area contributed by atoms with Gasteiger partial charge in [0.1, 0.15) is 0 Å². The molecular formula is C9H10BrNO2. The van der Waals surface area contributed by atoms with E-state index in [9.17, 15) is 4.79 Å². The van der Waals surface area contributed by atoms with Crippen molar-refractivity contribution in [2.75, 3.05) is 12.3 Å². The number of esters is 1. The average Bonchev–Trinajstić information content (AvgIpc) is 2.10. The van der Waals surface area contributed by atoms with Crippen molar-refractivity contribution in [3.63, 3.8) is 0 Å². The molecule has 1 aromatic carbocycles. The number of nitrogens with two attached hydrogens (primary N) is 1. The van der Waals surface area contributed by atoms with E-state index in [4.69, 9.17) is 10.5 Å². The molecule has 0 unspecified atom stereocenters. The summed E-state index contributed by atoms with van der Waals surface area (Å²) in [4.78, 5) is 11.3. The van der Waals surface area contributed by atoms with Crippen molar-refractivity contribution < 1.29 is 9.53 Å². The Labute approximate surface area is 85.0 Å². The maximum atomic E-state index is 11.3. The molecule has 0 fully saturated rings. The van der Waals surface area contributed by atoms with Crippen LogP contribution in [0.25, 0.3) is 0 Å². The number of carbonyl (C=O) groups is 1. The largest absolute Gasteiger partial charge is 0.462 e. The van der Waals surface area contributed by atoms with E-state index in [1.807, 2.05) is 0 Å². The van der Waals surface area contributed by atoms with Crippen molar-refractivity contribution >= 4 is 27.6 Å². The molecule has 0 aliphatic carbocycles. The van der Waals surface area contributed by atoms with Crippen molar-refractivity contribution in [1.29, 1.82) is 0 Å². The molecule has 13 heavy (non-hydrogen) atoms. The molecule has 2 N–H and O–H groups in total. The van der Waals surface area contributed by atoms with Crippen LogP contribution in [-0.4, -0.2) is 12.6 Å². The molecule has 70 valence electrons. The van der Waals surface area contributed by atoms with Gasteiger partial charge in [0, 0.05) is 5.69 Å². The summed E-state index contributed by atoms with van der Waals surface area (Å²) in [6, 6.07) is 5.09. The molecule has 0 aliphatic rings. The molecule has 0 atom stereocenters. The third-order valence-corrected chi connectivity index (χ3v) is 2.41. The molecule has 3 nitrogen and oxygen atoms in total. The Morgan fingerprint density at radius 2 is 2.31 bits per heavy atom. The van der Waals surface area contributed by atoms with Crippen LogP contribution in [0.1, 0.15) is 17.3 Å². The molecule has 0 saturated carbocycles. The molecule has 0 amide bonds. The first-order valence-electron chi connectivity index (χ1n) is 3.88. The van der Waals surface area contributed by atoms with Gasteiger partial charge in [0.05, 0.1) is 16.6 Å². The zero-order chi connectivity index (χ0) is 9.84. The topological polar surface area (TPSA) is 52.3 Å². The van der Waals surface area contributed by atoms with Gasteiger partial charge in [-0.15, -0.1) is 0 Å². The molecule has 0 saturated heterocycles. The van der Waals surface area contributed by atoms with Crippen LogP contribution in [-0.2, 0) is 4.74 Å². The second-order valence-electron chi connectivity index (χ2n) is 2.43. The number of hydrogen-bond donors (Lipinski definition) is 1. The molecule has 0 heterocycles. The third kappa shape index (κ3) is 2.21. The zero-order valence-electron chi connectivity index (χ0n) is 7.21. The number of nitrogen functional groups attached to an aromatic ring is 1. The molecule has 1 aromatic rings. The highest BCUT2D eigenvalue weighted by Crippen LogP contribution is 2.24. The first-order valence-corrected chi connectivity index (χ1v) is 4.67. The maximum Gasteiger partial charge on any atom is 0.339 e. The van der Waals surface area contributed by atoms with Gasteiger partial charge in [0.15, 0.2) is 0 Å². The SMILES string of the molecule is CCOC(=O)c1cccc(N)c1Br. The van der Waals surface area contributed by atoms with Crippen LogP contribution in [0.3, 0.4) is 0 Å². The van der Waals surface area contributed by atoms with Gasteiger partial charge in [-0.25, -0.2) is 4.79 Å². The fourth-order valence-electron chi connectivity index (χ4n) is 0.916. The summed E-state index contributed by atoms with van der Waals surface area (Å²) in [5, 5.41) is 0. The Morgan fingerprint density at radius 1 is 1.62 bits per heavy atom. The fraction of sp³-hybridized carbons (Fsp3) is 0.222. The minimum atomic E-state index is -0.360. The van der Waals surface area contributed by atoms with Gasteiger partial charge < -0.3 is 10.5 Å². The molecule has 4 heteroatoms. The van der Waals surface area contributed by atoms with E-state index in [0.29, 0.717) is 22.3 Å². The first-order chi connectivity index (χ1) is 6.16. The Morgan fingerprint density at radius 3 is 2.92 bits per heavy atom. The van der Waals surface area contributed by atoms with Crippen LogP contribution in [0.2, 0.25) is 0 Å². The van der Waals surface area contributed by atoms with E-state index in [1.54, 1.807) is 25.1 Å². The van der Waals surface area contributed by atoms with Crippen molar-refractivity contribution in [3.8, 4) is 0 Å². The summed E-state index contributed by atoms with van der Waals surface area (Å²) in [7, 11) is 0. The summed E-state index contributed by atoms with van der Waals surface area (Å²) in [6.07, 6.45) is 0. The quantitative estimate of drug-likeness (QED) is 0.640. The summed E-state index contributed by atoms with van der Waals surface area (Å²) in [5.74, 6) is -0.360. The van der Waals surface area contributed by atoms with Gasteiger partial charge in [-0.05, 0) is 35.0 Å². The lowest BCUT2D eigenvalue weighted by molar-refractivity contribution is 0.0525. The first kappa shape index (κ1) is 10.1. The lowest BCUT2D eigenvalue weighted by atomic mass is 10.2. The van der Waals surface area contributed by atoms with Gasteiger partial charge in [-0.1, -0.05) is 6.07 Å². The lowest BCUT2D eigenvalue weighted by Gasteiger charge is -2.05. The Balaban J connectivity index is 3.01. The minimum Gasteiger partial charge on any atom is -0.462 e. The Hall–Kier alpha value is -1.03. The number of carbonyl (C=O) groups excluding carboxylic acids is 1. The maximum absolute atomic E-state index is 11.3. The smallest absolute Gasteiger partial charge is 0.339 e. The van der Waals surface area contributed by atoms with Gasteiger partial charge in [-0.2, -0.15) is 0 Å². The van der Waals surface area contributed by atoms with E-state index in [0.717, 1.165) is 0 Å². The van der Waals surface area contributed by atoms with E-state index in [-0.39, 0.29) is 5.97 Å². The van der Waals surface area contributed by atoms with Gasteiger partial charge in [0.25, 0.3) is 0 Å². The Bertz CT molecular complexity index is 325. The number of rotatable bonds is 2. The molecule has 0 radical (unpaired) electrons. The summed E-state index contributed by atoms with van der Waals surface area (Å²) in [6.45, 7) is 2.12. The molecule has 0 aliphatic heterocycles. The van der Waals surface area contributed by atoms with E-state index in [2.05, 4.69) is 15.9 Å². The average molecular weight is 244 g/mol. The highest BCUT2D eigenvalue weighted by atomic mass is 79.9. The van der Waals surface area contributed by atoms with Crippen molar-refractivity contribution in [1.82, 2.24) is 0 Å². The highest BCUT2D eigenvalue weighted by molar-refractivity contribution is 9.10. The summed E-state index contributed by atoms with van der Waals surface area (Å²) >= 11 is 3.22. The summed E-state index contributed by atoms with van der Waals surface area (Å²) in [5.41, 5.74) is 6.59. The van der Waals surface area contributed by atoms with Crippen LogP contribution in [0.4, 0.5) is 5.69 Å². The van der Waals surface area contributed by atoms with E-state index >= 15 is 0 Å². The van der Waals surface area contributed by atoms with Crippen molar-refractivity contribution in [2.24, 2.45) is 0 Å². The van der Waals surface area contributed by atoms with Gasteiger partial charge in [0.2, 0.25) is 0 Å². The number of anilines is 1. The minimum absolute atomic E-state index is 0.360. The Kier molecular flexibility index (Phi) is 3.31. The second-order valence-corrected chi connectivity index (χ2v) is 3.22. The van der Waals surface area contributed by atoms with Crippen LogP contribution in [0.15, 0.2) is 22.7 Å². The fourth-order valence-corrected chi connectivity index (χ4v) is 1.34. The van der Waals surface area contributed by atoms with E-state index < -0.39 is 0 Å². The number of ether oxygens (including phenoxy) is 1. The predicted octanol–water partition coefficient (Wildman–Crippen LogP) is 2.21. The molecule has 1 rings (SSSR count). The van der Waals surface area contributed by atoms with Crippen molar-refractivity contribution in [2.45, 2.75) is 6.92 Å². The van der Waals surface area contributed by atoms with Gasteiger partial charge >= 0.3 is 5.97 Å². The van der Waals surface area contributed by atoms with Crippen LogP contribution >= 0.6 is 15.9 Å². The zero-order valence-corrected chi connectivity index (χ0v) is 8.80. The normalized spacial score (nSPS) is 9.69. The van der Waals surface area contributed by atoms with Crippen LogP contribution in [0, 0.1) is 0 Å². The monoisotopic (exact) mass is 243 g/mol. The molecule has 0 spiro atoms. The molecule has 0 bridgehead atoms. The third-order valence-electron chi connectivity index (χ3n) is 1.52. The molecular weight excluding hydrogens is 234 g/mol. The number of benzene rings is 1. The number of hydrogen-bond acceptors (Lipinski definition) is 3. The lowest BCUT2D eigenvalue weighted by Crippen LogP contribution is -2.06. The van der Waals surface area contributed by atoms with Crippen LogP contribution in [0.5, 0.6) is 0 Å². The van der Waals surface area contributed by atoms with Crippen LogP contribution < -0.4 is 5.73 Å².